The summed E-state index contributed by atoms with van der Waals surface area (Å²) in [5.41, 5.74) is 5.29. The summed E-state index contributed by atoms with van der Waals surface area (Å²) in [4.78, 5) is 3.89. The molecule has 0 bridgehead atoms. The summed E-state index contributed by atoms with van der Waals surface area (Å²) in [6.45, 7) is 0.855. The monoisotopic (exact) mass is 247 g/mol. The molecule has 0 radical (unpaired) electrons. The summed E-state index contributed by atoms with van der Waals surface area (Å²) in [6.07, 6.45) is 3.22. The van der Waals surface area contributed by atoms with Crippen LogP contribution < -0.4 is 10.5 Å². The van der Waals surface area contributed by atoms with Gasteiger partial charge in [-0.25, -0.2) is 18.1 Å². The summed E-state index contributed by atoms with van der Waals surface area (Å²) < 4.78 is 25.4. The second-order valence-corrected chi connectivity index (χ2v) is 5.32. The third-order valence-electron chi connectivity index (χ3n) is 2.02. The van der Waals surface area contributed by atoms with Crippen molar-refractivity contribution in [1.82, 2.24) is 19.9 Å². The predicted octanol–water partition coefficient (Wildman–Crippen LogP) is -0.994. The highest BCUT2D eigenvalue weighted by Crippen LogP contribution is 1.94. The molecule has 1 aromatic heterocycles. The van der Waals surface area contributed by atoms with E-state index in [0.717, 1.165) is 6.42 Å². The Morgan fingerprint density at radius 3 is 2.88 bits per heavy atom. The Kier molecular flexibility index (Phi) is 5.36. The number of hydrogen-bond donors (Lipinski definition) is 3. The van der Waals surface area contributed by atoms with E-state index in [2.05, 4.69) is 19.9 Å². The summed E-state index contributed by atoms with van der Waals surface area (Å²) in [5, 5.41) is 6.33. The van der Waals surface area contributed by atoms with Crippen LogP contribution in [-0.4, -0.2) is 42.4 Å². The second kappa shape index (κ2) is 6.56. The number of aromatic amines is 1. The molecular weight excluding hydrogens is 230 g/mol. The van der Waals surface area contributed by atoms with E-state index in [1.165, 1.54) is 6.33 Å². The van der Waals surface area contributed by atoms with Gasteiger partial charge in [0.25, 0.3) is 0 Å². The molecule has 8 heteroatoms. The highest BCUT2D eigenvalue weighted by atomic mass is 32.2. The lowest BCUT2D eigenvalue weighted by molar-refractivity contribution is 0.576. The Labute approximate surface area is 94.9 Å². The lowest BCUT2D eigenvalue weighted by Crippen LogP contribution is -2.28. The van der Waals surface area contributed by atoms with Crippen LogP contribution in [0.2, 0.25) is 0 Å². The molecule has 0 aliphatic rings. The minimum atomic E-state index is -3.17. The molecule has 0 fully saturated rings. The first-order valence-corrected chi connectivity index (χ1v) is 6.81. The lowest BCUT2D eigenvalue weighted by Gasteiger charge is -2.04. The normalized spacial score (nSPS) is 11.8. The fourth-order valence-electron chi connectivity index (χ4n) is 1.18. The van der Waals surface area contributed by atoms with Crippen molar-refractivity contribution >= 4 is 10.0 Å². The molecule has 0 amide bonds. The van der Waals surface area contributed by atoms with Crippen LogP contribution in [-0.2, 0) is 16.4 Å². The summed E-state index contributed by atoms with van der Waals surface area (Å²) in [7, 11) is -3.17. The first kappa shape index (κ1) is 13.1. The minimum absolute atomic E-state index is 0.126. The van der Waals surface area contributed by atoms with Crippen LogP contribution in [0, 0.1) is 0 Å². The molecule has 0 aliphatic carbocycles. The molecule has 1 rings (SSSR count). The van der Waals surface area contributed by atoms with E-state index in [1.54, 1.807) is 0 Å². The number of H-pyrrole nitrogens is 1. The number of nitrogens with zero attached hydrogens (tertiary/aromatic N) is 2. The van der Waals surface area contributed by atoms with Gasteiger partial charge in [0.2, 0.25) is 10.0 Å². The Morgan fingerprint density at radius 2 is 2.25 bits per heavy atom. The van der Waals surface area contributed by atoms with Crippen molar-refractivity contribution in [2.75, 3.05) is 18.8 Å². The molecule has 7 nitrogen and oxygen atoms in total. The number of nitrogens with two attached hydrogens (primary N) is 1. The number of rotatable bonds is 8. The molecule has 4 N–H and O–H groups in total. The molecular formula is C8H17N5O2S. The van der Waals surface area contributed by atoms with Gasteiger partial charge in [-0.2, -0.15) is 5.10 Å². The second-order valence-electron chi connectivity index (χ2n) is 3.39. The highest BCUT2D eigenvalue weighted by molar-refractivity contribution is 7.89. The van der Waals surface area contributed by atoms with Crippen LogP contribution in [0.4, 0.5) is 0 Å². The van der Waals surface area contributed by atoms with E-state index in [1.807, 2.05) is 0 Å². The highest BCUT2D eigenvalue weighted by Gasteiger charge is 2.08. The topological polar surface area (TPSA) is 114 Å². The number of sulfonamides is 1. The maximum absolute atomic E-state index is 11.4. The molecule has 0 spiro atoms. The van der Waals surface area contributed by atoms with Crippen molar-refractivity contribution in [3.8, 4) is 0 Å². The summed E-state index contributed by atoms with van der Waals surface area (Å²) in [6, 6.07) is 0. The average molecular weight is 247 g/mol. The van der Waals surface area contributed by atoms with Crippen molar-refractivity contribution in [2.24, 2.45) is 5.73 Å². The Hall–Kier alpha value is -0.990. The smallest absolute Gasteiger partial charge is 0.211 e. The van der Waals surface area contributed by atoms with Gasteiger partial charge in [0.05, 0.1) is 5.75 Å². The Balaban J connectivity index is 2.20. The molecule has 0 saturated heterocycles. The zero-order valence-electron chi connectivity index (χ0n) is 9.02. The predicted molar refractivity (Wildman–Crippen MR) is 60.2 cm³/mol. The molecule has 0 atom stereocenters. The van der Waals surface area contributed by atoms with Crippen molar-refractivity contribution in [3.05, 3.63) is 12.2 Å². The molecule has 0 unspecified atom stereocenters. The van der Waals surface area contributed by atoms with E-state index in [4.69, 9.17) is 5.73 Å². The van der Waals surface area contributed by atoms with E-state index in [0.29, 0.717) is 31.8 Å². The largest absolute Gasteiger partial charge is 0.330 e. The lowest BCUT2D eigenvalue weighted by atomic mass is 10.3. The van der Waals surface area contributed by atoms with Crippen molar-refractivity contribution in [3.63, 3.8) is 0 Å². The van der Waals surface area contributed by atoms with Gasteiger partial charge in [0, 0.05) is 13.0 Å². The van der Waals surface area contributed by atoms with Gasteiger partial charge in [-0.15, -0.1) is 0 Å². The zero-order valence-corrected chi connectivity index (χ0v) is 9.83. The van der Waals surface area contributed by atoms with Crippen LogP contribution >= 0.6 is 0 Å². The van der Waals surface area contributed by atoms with Crippen molar-refractivity contribution in [2.45, 2.75) is 19.3 Å². The van der Waals surface area contributed by atoms with E-state index in [9.17, 15) is 8.42 Å². The maximum Gasteiger partial charge on any atom is 0.211 e. The SMILES string of the molecule is NCCCCS(=O)(=O)NCCc1ncn[nH]1. The number of aromatic nitrogens is 3. The molecule has 92 valence electrons. The van der Waals surface area contributed by atoms with Gasteiger partial charge in [-0.1, -0.05) is 0 Å². The van der Waals surface area contributed by atoms with Crippen LogP contribution in [0.15, 0.2) is 6.33 Å². The Morgan fingerprint density at radius 1 is 1.44 bits per heavy atom. The van der Waals surface area contributed by atoms with Gasteiger partial charge in [0.15, 0.2) is 0 Å². The van der Waals surface area contributed by atoms with Crippen LogP contribution in [0.1, 0.15) is 18.7 Å². The van der Waals surface area contributed by atoms with Crippen molar-refractivity contribution in [1.29, 1.82) is 0 Å². The average Bonchev–Trinajstić information content (AvgIpc) is 2.70. The maximum atomic E-state index is 11.4. The van der Waals surface area contributed by atoms with Crippen molar-refractivity contribution < 1.29 is 8.42 Å². The zero-order chi connectivity index (χ0) is 11.9. The quantitative estimate of drug-likeness (QED) is 0.510. The fraction of sp³-hybridized carbons (Fsp3) is 0.750. The van der Waals surface area contributed by atoms with E-state index < -0.39 is 10.0 Å². The third-order valence-corrected chi connectivity index (χ3v) is 3.49. The number of nitrogens with one attached hydrogen (secondary N) is 2. The summed E-state index contributed by atoms with van der Waals surface area (Å²) >= 11 is 0. The van der Waals surface area contributed by atoms with Gasteiger partial charge < -0.3 is 5.73 Å². The van der Waals surface area contributed by atoms with Gasteiger partial charge >= 0.3 is 0 Å². The molecule has 1 heterocycles. The Bertz CT molecular complexity index is 375. The number of hydrogen-bond acceptors (Lipinski definition) is 5. The molecule has 0 aromatic carbocycles. The standard InChI is InChI=1S/C8H17N5O2S/c9-4-1-2-6-16(14,15)12-5-3-8-10-7-11-13-8/h7,12H,1-6,9H2,(H,10,11,13). The van der Waals surface area contributed by atoms with Crippen LogP contribution in [0.25, 0.3) is 0 Å². The number of unbranched alkanes of at least 4 members (excludes halogenated alkanes) is 1. The summed E-state index contributed by atoms with van der Waals surface area (Å²) in [5.74, 6) is 0.797. The first-order valence-electron chi connectivity index (χ1n) is 5.16. The minimum Gasteiger partial charge on any atom is -0.330 e. The fourth-order valence-corrected chi connectivity index (χ4v) is 2.33. The van der Waals surface area contributed by atoms with E-state index in [-0.39, 0.29) is 5.75 Å². The molecule has 16 heavy (non-hydrogen) atoms. The van der Waals surface area contributed by atoms with Crippen LogP contribution in [0.3, 0.4) is 0 Å². The molecule has 1 aromatic rings. The van der Waals surface area contributed by atoms with E-state index >= 15 is 0 Å². The van der Waals surface area contributed by atoms with Gasteiger partial charge in [0.1, 0.15) is 12.2 Å². The van der Waals surface area contributed by atoms with Gasteiger partial charge in [-0.05, 0) is 19.4 Å². The molecule has 0 saturated carbocycles. The third kappa shape index (κ3) is 5.19. The van der Waals surface area contributed by atoms with Crippen LogP contribution in [0.5, 0.6) is 0 Å². The molecule has 0 aliphatic heterocycles. The van der Waals surface area contributed by atoms with Gasteiger partial charge in [-0.3, -0.25) is 5.10 Å². The first-order chi connectivity index (χ1) is 7.64.